The van der Waals surface area contributed by atoms with Gasteiger partial charge in [-0.05, 0) is 31.6 Å². The second kappa shape index (κ2) is 2.48. The van der Waals surface area contributed by atoms with Gasteiger partial charge in [-0.15, -0.1) is 0 Å². The predicted molar refractivity (Wildman–Crippen MR) is 51.3 cm³/mol. The lowest BCUT2D eigenvalue weighted by atomic mass is 9.81. The molecule has 1 aliphatic carbocycles. The average molecular weight is 181 g/mol. The first kappa shape index (κ1) is 8.25. The van der Waals surface area contributed by atoms with Crippen molar-refractivity contribution in [2.45, 2.75) is 56.8 Å². The molecule has 3 fully saturated rings. The third-order valence-electron chi connectivity index (χ3n) is 4.49. The number of nitrogens with two attached hydrogens (primary N) is 1. The van der Waals surface area contributed by atoms with Crippen LogP contribution in [0, 0.1) is 11.8 Å². The molecule has 0 aromatic heterocycles. The zero-order valence-corrected chi connectivity index (χ0v) is 8.33. The van der Waals surface area contributed by atoms with Gasteiger partial charge in [-0.25, -0.2) is 0 Å². The van der Waals surface area contributed by atoms with E-state index in [1.54, 1.807) is 0 Å². The van der Waals surface area contributed by atoms with E-state index in [2.05, 4.69) is 6.92 Å². The van der Waals surface area contributed by atoms with Crippen molar-refractivity contribution in [1.29, 1.82) is 0 Å². The fraction of sp³-hybridized carbons (Fsp3) is 1.00. The minimum Gasteiger partial charge on any atom is -0.375 e. The van der Waals surface area contributed by atoms with E-state index in [-0.39, 0.29) is 5.54 Å². The molecular weight excluding hydrogens is 162 g/mol. The quantitative estimate of drug-likeness (QED) is 0.703. The molecule has 5 atom stereocenters. The monoisotopic (exact) mass is 181 g/mol. The van der Waals surface area contributed by atoms with E-state index >= 15 is 0 Å². The molecule has 2 bridgehead atoms. The molecule has 74 valence electrons. The van der Waals surface area contributed by atoms with Gasteiger partial charge in [-0.1, -0.05) is 13.3 Å². The van der Waals surface area contributed by atoms with Crippen LogP contribution < -0.4 is 5.73 Å². The summed E-state index contributed by atoms with van der Waals surface area (Å²) >= 11 is 0. The van der Waals surface area contributed by atoms with Gasteiger partial charge in [0, 0.05) is 11.5 Å². The van der Waals surface area contributed by atoms with Crippen LogP contribution in [0.1, 0.15) is 39.0 Å². The van der Waals surface area contributed by atoms with Crippen molar-refractivity contribution in [3.63, 3.8) is 0 Å². The molecule has 13 heavy (non-hydrogen) atoms. The maximum Gasteiger partial charge on any atom is 0.0626 e. The number of hydrogen-bond acceptors (Lipinski definition) is 2. The standard InChI is InChI=1S/C11H19NO/c1-2-7-6-11(7,12)9-5-8-3-4-10(9)13-8/h7-10H,2-6,12H2,1H3. The summed E-state index contributed by atoms with van der Waals surface area (Å²) in [7, 11) is 0. The van der Waals surface area contributed by atoms with E-state index in [0.717, 1.165) is 5.92 Å². The third-order valence-corrected chi connectivity index (χ3v) is 4.49. The number of ether oxygens (including phenoxy) is 1. The van der Waals surface area contributed by atoms with E-state index in [0.29, 0.717) is 18.1 Å². The van der Waals surface area contributed by atoms with Gasteiger partial charge in [0.25, 0.3) is 0 Å². The second-order valence-electron chi connectivity index (χ2n) is 5.14. The molecule has 0 spiro atoms. The fourth-order valence-corrected chi connectivity index (χ4v) is 3.55. The smallest absolute Gasteiger partial charge is 0.0626 e. The largest absolute Gasteiger partial charge is 0.375 e. The molecule has 2 heterocycles. The molecule has 0 radical (unpaired) electrons. The highest BCUT2D eigenvalue weighted by Crippen LogP contribution is 2.56. The lowest BCUT2D eigenvalue weighted by molar-refractivity contribution is 0.0854. The Kier molecular flexibility index (Phi) is 1.58. The molecule has 2 aliphatic heterocycles. The normalized spacial score (nSPS) is 58.6. The number of hydrogen-bond donors (Lipinski definition) is 1. The SMILES string of the molecule is CCC1CC1(N)C1CC2CCC1O2. The molecule has 0 aromatic rings. The van der Waals surface area contributed by atoms with Gasteiger partial charge in [0.2, 0.25) is 0 Å². The van der Waals surface area contributed by atoms with Crippen molar-refractivity contribution in [3.8, 4) is 0 Å². The molecule has 2 N–H and O–H groups in total. The van der Waals surface area contributed by atoms with E-state index in [1.807, 2.05) is 0 Å². The van der Waals surface area contributed by atoms with Gasteiger partial charge in [0.05, 0.1) is 12.2 Å². The first-order valence-electron chi connectivity index (χ1n) is 5.68. The van der Waals surface area contributed by atoms with Gasteiger partial charge >= 0.3 is 0 Å². The molecule has 1 saturated carbocycles. The van der Waals surface area contributed by atoms with Crippen LogP contribution in [0.15, 0.2) is 0 Å². The summed E-state index contributed by atoms with van der Waals surface area (Å²) < 4.78 is 5.86. The van der Waals surface area contributed by atoms with Crippen molar-refractivity contribution in [2.24, 2.45) is 17.6 Å². The Morgan fingerprint density at radius 1 is 1.46 bits per heavy atom. The molecule has 2 saturated heterocycles. The van der Waals surface area contributed by atoms with Gasteiger partial charge in [-0.3, -0.25) is 0 Å². The number of rotatable bonds is 2. The summed E-state index contributed by atoms with van der Waals surface area (Å²) in [5, 5.41) is 0. The average Bonchev–Trinajstić information content (AvgIpc) is 2.57. The highest BCUT2D eigenvalue weighted by Gasteiger charge is 2.60. The Labute approximate surface area is 79.8 Å². The Morgan fingerprint density at radius 3 is 2.77 bits per heavy atom. The summed E-state index contributed by atoms with van der Waals surface area (Å²) in [6.07, 6.45) is 7.39. The number of fused-ring (bicyclic) bond motifs is 2. The maximum absolute atomic E-state index is 6.41. The van der Waals surface area contributed by atoms with Crippen molar-refractivity contribution >= 4 is 0 Å². The lowest BCUT2D eigenvalue weighted by Crippen LogP contribution is -2.40. The Morgan fingerprint density at radius 2 is 2.31 bits per heavy atom. The Hall–Kier alpha value is -0.0800. The highest BCUT2D eigenvalue weighted by atomic mass is 16.5. The van der Waals surface area contributed by atoms with Gasteiger partial charge in [0.1, 0.15) is 0 Å². The zero-order chi connectivity index (χ0) is 9.05. The van der Waals surface area contributed by atoms with Crippen molar-refractivity contribution in [3.05, 3.63) is 0 Å². The molecule has 3 rings (SSSR count). The Balaban J connectivity index is 1.74. The predicted octanol–water partition coefficient (Wildman–Crippen LogP) is 1.68. The van der Waals surface area contributed by atoms with Crippen molar-refractivity contribution < 1.29 is 4.74 Å². The van der Waals surface area contributed by atoms with Crippen LogP contribution in [0.5, 0.6) is 0 Å². The fourth-order valence-electron chi connectivity index (χ4n) is 3.55. The lowest BCUT2D eigenvalue weighted by Gasteiger charge is -2.26. The summed E-state index contributed by atoms with van der Waals surface area (Å²) in [5.41, 5.74) is 6.59. The first-order chi connectivity index (χ1) is 6.24. The maximum atomic E-state index is 6.41. The molecule has 2 nitrogen and oxygen atoms in total. The minimum absolute atomic E-state index is 0.175. The van der Waals surface area contributed by atoms with Crippen LogP contribution in [-0.4, -0.2) is 17.7 Å². The van der Waals surface area contributed by atoms with Crippen LogP contribution in [0.4, 0.5) is 0 Å². The van der Waals surface area contributed by atoms with E-state index in [1.165, 1.54) is 32.1 Å². The minimum atomic E-state index is 0.175. The van der Waals surface area contributed by atoms with Gasteiger partial charge in [0.15, 0.2) is 0 Å². The molecule has 2 heteroatoms. The molecule has 3 aliphatic rings. The molecular formula is C11H19NO. The van der Waals surface area contributed by atoms with E-state index in [4.69, 9.17) is 10.5 Å². The van der Waals surface area contributed by atoms with Crippen molar-refractivity contribution in [1.82, 2.24) is 0 Å². The zero-order valence-electron chi connectivity index (χ0n) is 8.33. The van der Waals surface area contributed by atoms with E-state index in [9.17, 15) is 0 Å². The first-order valence-corrected chi connectivity index (χ1v) is 5.68. The molecule has 0 amide bonds. The van der Waals surface area contributed by atoms with Crippen molar-refractivity contribution in [2.75, 3.05) is 0 Å². The third kappa shape index (κ3) is 1.02. The highest BCUT2D eigenvalue weighted by molar-refractivity contribution is 5.15. The van der Waals surface area contributed by atoms with Crippen LogP contribution in [0.2, 0.25) is 0 Å². The molecule has 0 aromatic carbocycles. The van der Waals surface area contributed by atoms with Gasteiger partial charge < -0.3 is 10.5 Å². The topological polar surface area (TPSA) is 35.2 Å². The summed E-state index contributed by atoms with van der Waals surface area (Å²) in [6, 6.07) is 0. The van der Waals surface area contributed by atoms with Gasteiger partial charge in [-0.2, -0.15) is 0 Å². The van der Waals surface area contributed by atoms with Crippen LogP contribution >= 0.6 is 0 Å². The van der Waals surface area contributed by atoms with Crippen LogP contribution in [0.3, 0.4) is 0 Å². The van der Waals surface area contributed by atoms with Crippen LogP contribution in [0.25, 0.3) is 0 Å². The summed E-state index contributed by atoms with van der Waals surface area (Å²) in [6.45, 7) is 2.26. The second-order valence-corrected chi connectivity index (χ2v) is 5.14. The van der Waals surface area contributed by atoms with E-state index < -0.39 is 0 Å². The Bertz CT molecular complexity index is 230. The summed E-state index contributed by atoms with van der Waals surface area (Å²) in [4.78, 5) is 0. The van der Waals surface area contributed by atoms with Crippen LogP contribution in [-0.2, 0) is 4.74 Å². The molecule has 5 unspecified atom stereocenters. The summed E-state index contributed by atoms with van der Waals surface area (Å²) in [5.74, 6) is 1.48.